The van der Waals surface area contributed by atoms with E-state index in [1.807, 2.05) is 19.1 Å². The highest BCUT2D eigenvalue weighted by Crippen LogP contribution is 2.17. The van der Waals surface area contributed by atoms with Crippen LogP contribution in [0.1, 0.15) is 34.1 Å². The van der Waals surface area contributed by atoms with E-state index < -0.39 is 9.84 Å². The zero-order valence-corrected chi connectivity index (χ0v) is 13.1. The minimum Gasteiger partial charge on any atom is -0.385 e. The maximum absolute atomic E-state index is 11.9. The van der Waals surface area contributed by atoms with Gasteiger partial charge in [-0.15, -0.1) is 0 Å². The van der Waals surface area contributed by atoms with Crippen molar-refractivity contribution in [2.75, 3.05) is 17.6 Å². The van der Waals surface area contributed by atoms with E-state index in [2.05, 4.69) is 26.1 Å². The van der Waals surface area contributed by atoms with Crippen molar-refractivity contribution in [3.8, 4) is 0 Å². The fourth-order valence-electron chi connectivity index (χ4n) is 1.68. The maximum atomic E-state index is 11.9. The summed E-state index contributed by atoms with van der Waals surface area (Å²) in [4.78, 5) is 0.414. The van der Waals surface area contributed by atoms with Crippen molar-refractivity contribution in [3.05, 3.63) is 24.3 Å². The predicted octanol–water partition coefficient (Wildman–Crippen LogP) is 3.57. The zero-order valence-electron chi connectivity index (χ0n) is 12.3. The Bertz CT molecular complexity index is 477. The summed E-state index contributed by atoms with van der Waals surface area (Å²) in [6.07, 6.45) is 0.647. The Morgan fingerprint density at radius 3 is 2.16 bits per heavy atom. The van der Waals surface area contributed by atoms with Gasteiger partial charge >= 0.3 is 0 Å². The van der Waals surface area contributed by atoms with Gasteiger partial charge < -0.3 is 5.32 Å². The number of nitrogens with one attached hydrogen (secondary N) is 1. The molecule has 1 aromatic carbocycles. The number of rotatable bonds is 7. The quantitative estimate of drug-likeness (QED) is 0.832. The van der Waals surface area contributed by atoms with Crippen LogP contribution in [0.15, 0.2) is 29.2 Å². The van der Waals surface area contributed by atoms with E-state index in [1.165, 1.54) is 0 Å². The third-order valence-electron chi connectivity index (χ3n) is 3.45. The Morgan fingerprint density at radius 1 is 1.11 bits per heavy atom. The van der Waals surface area contributed by atoms with E-state index in [4.69, 9.17) is 0 Å². The molecule has 0 spiro atoms. The van der Waals surface area contributed by atoms with E-state index >= 15 is 0 Å². The number of benzene rings is 1. The molecule has 1 N–H and O–H groups in total. The molecule has 3 nitrogen and oxygen atoms in total. The third kappa shape index (κ3) is 4.86. The molecule has 0 amide bonds. The van der Waals surface area contributed by atoms with Crippen LogP contribution in [0.25, 0.3) is 0 Å². The average Bonchev–Trinajstić information content (AvgIpc) is 2.36. The Labute approximate surface area is 117 Å². The largest absolute Gasteiger partial charge is 0.385 e. The molecule has 0 aromatic heterocycles. The Morgan fingerprint density at radius 2 is 1.68 bits per heavy atom. The predicted molar refractivity (Wildman–Crippen MR) is 81.3 cm³/mol. The Balaban J connectivity index is 2.67. The van der Waals surface area contributed by atoms with Crippen LogP contribution in [-0.4, -0.2) is 20.7 Å². The summed E-state index contributed by atoms with van der Waals surface area (Å²) in [5, 5.41) is 3.34. The molecule has 0 saturated heterocycles. The third-order valence-corrected chi connectivity index (χ3v) is 5.39. The van der Waals surface area contributed by atoms with Crippen molar-refractivity contribution >= 4 is 15.5 Å². The van der Waals surface area contributed by atoms with Crippen LogP contribution in [0.2, 0.25) is 0 Å². The van der Waals surface area contributed by atoms with Gasteiger partial charge in [-0.2, -0.15) is 0 Å². The number of sulfone groups is 1. The van der Waals surface area contributed by atoms with Crippen molar-refractivity contribution in [1.82, 2.24) is 0 Å². The summed E-state index contributed by atoms with van der Waals surface area (Å²) in [5.41, 5.74) is 0.975. The van der Waals surface area contributed by atoms with Crippen LogP contribution in [-0.2, 0) is 9.84 Å². The van der Waals surface area contributed by atoms with Crippen LogP contribution >= 0.6 is 0 Å². The van der Waals surface area contributed by atoms with Crippen molar-refractivity contribution in [1.29, 1.82) is 0 Å². The summed E-state index contributed by atoms with van der Waals surface area (Å²) >= 11 is 0. The molecule has 0 aliphatic heterocycles. The van der Waals surface area contributed by atoms with Gasteiger partial charge in [0.1, 0.15) is 0 Å². The smallest absolute Gasteiger partial charge is 0.178 e. The van der Waals surface area contributed by atoms with Crippen LogP contribution in [0.3, 0.4) is 0 Å². The molecule has 0 bridgehead atoms. The molecule has 0 radical (unpaired) electrons. The maximum Gasteiger partial charge on any atom is 0.178 e. The average molecular weight is 283 g/mol. The standard InChI is InChI=1S/C15H25NO2S/c1-5-10-19(17,18)15-8-6-14(7-9-15)16-11-13(4)12(2)3/h6-9,12-13,16H,5,10-11H2,1-4H3. The van der Waals surface area contributed by atoms with Crippen LogP contribution < -0.4 is 5.32 Å². The lowest BCUT2D eigenvalue weighted by Crippen LogP contribution is -2.16. The number of hydrogen-bond donors (Lipinski definition) is 1. The molecule has 19 heavy (non-hydrogen) atoms. The van der Waals surface area contributed by atoms with E-state index in [0.29, 0.717) is 23.2 Å². The molecule has 1 unspecified atom stereocenters. The fourth-order valence-corrected chi connectivity index (χ4v) is 3.01. The van der Waals surface area contributed by atoms with Crippen LogP contribution in [0, 0.1) is 11.8 Å². The van der Waals surface area contributed by atoms with E-state index in [0.717, 1.165) is 12.2 Å². The summed E-state index contributed by atoms with van der Waals surface area (Å²) in [5.74, 6) is 1.43. The lowest BCUT2D eigenvalue weighted by Gasteiger charge is -2.17. The van der Waals surface area contributed by atoms with Gasteiger partial charge in [-0.25, -0.2) is 8.42 Å². The van der Waals surface area contributed by atoms with E-state index in [9.17, 15) is 8.42 Å². The van der Waals surface area contributed by atoms with Gasteiger partial charge in [0, 0.05) is 12.2 Å². The number of hydrogen-bond acceptors (Lipinski definition) is 3. The lowest BCUT2D eigenvalue weighted by atomic mass is 9.98. The molecular formula is C15H25NO2S. The second-order valence-corrected chi connectivity index (χ2v) is 7.55. The Kier molecular flexibility index (Phi) is 5.85. The van der Waals surface area contributed by atoms with Crippen molar-refractivity contribution in [2.45, 2.75) is 39.0 Å². The van der Waals surface area contributed by atoms with Crippen LogP contribution in [0.5, 0.6) is 0 Å². The molecule has 1 aromatic rings. The first kappa shape index (κ1) is 16.0. The molecule has 1 rings (SSSR count). The van der Waals surface area contributed by atoms with Gasteiger partial charge in [0.15, 0.2) is 9.84 Å². The highest BCUT2D eigenvalue weighted by atomic mass is 32.2. The highest BCUT2D eigenvalue weighted by Gasteiger charge is 2.12. The topological polar surface area (TPSA) is 46.2 Å². The normalized spacial score (nSPS) is 13.5. The van der Waals surface area contributed by atoms with Gasteiger partial charge in [-0.3, -0.25) is 0 Å². The van der Waals surface area contributed by atoms with Crippen molar-refractivity contribution in [3.63, 3.8) is 0 Å². The zero-order chi connectivity index (χ0) is 14.5. The first-order chi connectivity index (χ1) is 8.86. The summed E-state index contributed by atoms with van der Waals surface area (Å²) in [7, 11) is -3.10. The summed E-state index contributed by atoms with van der Waals surface area (Å²) < 4.78 is 23.8. The number of anilines is 1. The minimum atomic E-state index is -3.10. The lowest BCUT2D eigenvalue weighted by molar-refractivity contribution is 0.440. The van der Waals surface area contributed by atoms with Gasteiger partial charge in [-0.05, 0) is 42.5 Å². The molecule has 0 aliphatic carbocycles. The molecule has 1 atom stereocenters. The molecule has 4 heteroatoms. The molecule has 0 aliphatic rings. The van der Waals surface area contributed by atoms with Gasteiger partial charge in [0.05, 0.1) is 10.6 Å². The second kappa shape index (κ2) is 6.94. The Hall–Kier alpha value is -1.03. The monoisotopic (exact) mass is 283 g/mol. The fraction of sp³-hybridized carbons (Fsp3) is 0.600. The first-order valence-electron chi connectivity index (χ1n) is 6.93. The first-order valence-corrected chi connectivity index (χ1v) is 8.58. The van der Waals surface area contributed by atoms with E-state index in [-0.39, 0.29) is 5.75 Å². The molecular weight excluding hydrogens is 258 g/mol. The van der Waals surface area contributed by atoms with Crippen molar-refractivity contribution < 1.29 is 8.42 Å². The molecule has 108 valence electrons. The second-order valence-electron chi connectivity index (χ2n) is 5.45. The van der Waals surface area contributed by atoms with Gasteiger partial charge in [0.2, 0.25) is 0 Å². The summed E-state index contributed by atoms with van der Waals surface area (Å²) in [6.45, 7) is 9.39. The highest BCUT2D eigenvalue weighted by molar-refractivity contribution is 7.91. The SMILES string of the molecule is CCCS(=O)(=O)c1ccc(NCC(C)C(C)C)cc1. The van der Waals surface area contributed by atoms with Crippen molar-refractivity contribution in [2.24, 2.45) is 11.8 Å². The van der Waals surface area contributed by atoms with Gasteiger partial charge in [-0.1, -0.05) is 27.7 Å². The van der Waals surface area contributed by atoms with Crippen LogP contribution in [0.4, 0.5) is 5.69 Å². The van der Waals surface area contributed by atoms with E-state index in [1.54, 1.807) is 12.1 Å². The molecule has 0 heterocycles. The summed E-state index contributed by atoms with van der Waals surface area (Å²) in [6, 6.07) is 7.06. The molecule has 0 fully saturated rings. The molecule has 0 saturated carbocycles. The minimum absolute atomic E-state index is 0.212. The van der Waals surface area contributed by atoms with Gasteiger partial charge in [0.25, 0.3) is 0 Å².